The molecule has 1 aromatic rings. The third kappa shape index (κ3) is 7.54. The quantitative estimate of drug-likeness (QED) is 0.567. The van der Waals surface area contributed by atoms with Gasteiger partial charge in [0.2, 0.25) is 0 Å². The zero-order valence-corrected chi connectivity index (χ0v) is 14.4. The lowest BCUT2D eigenvalue weighted by molar-refractivity contribution is -0.119. The van der Waals surface area contributed by atoms with E-state index in [-0.39, 0.29) is 6.61 Å². The van der Waals surface area contributed by atoms with Crippen LogP contribution < -0.4 is 20.5 Å². The molecular formula is C16H25ClN2O4. The summed E-state index contributed by atoms with van der Waals surface area (Å²) in [5.74, 6) is 0.281. The molecule has 0 aliphatic carbocycles. The Labute approximate surface area is 142 Å². The maximum Gasteiger partial charge on any atom is 0.255 e. The van der Waals surface area contributed by atoms with Gasteiger partial charge in [-0.05, 0) is 44.5 Å². The van der Waals surface area contributed by atoms with E-state index >= 15 is 0 Å². The summed E-state index contributed by atoms with van der Waals surface area (Å²) in [7, 11) is 0. The first-order valence-electron chi connectivity index (χ1n) is 7.73. The van der Waals surface area contributed by atoms with Crippen LogP contribution in [0.4, 0.5) is 0 Å². The first-order chi connectivity index (χ1) is 11.1. The summed E-state index contributed by atoms with van der Waals surface area (Å²) in [5, 5.41) is 3.71. The second-order valence-corrected chi connectivity index (χ2v) is 5.23. The first kappa shape index (κ1) is 19.5. The Morgan fingerprint density at radius 1 is 1.26 bits per heavy atom. The van der Waals surface area contributed by atoms with Gasteiger partial charge in [0.1, 0.15) is 0 Å². The van der Waals surface area contributed by atoms with Crippen LogP contribution in [-0.2, 0) is 16.1 Å². The fourth-order valence-corrected chi connectivity index (χ4v) is 2.23. The van der Waals surface area contributed by atoms with Gasteiger partial charge in [-0.3, -0.25) is 4.79 Å². The minimum atomic E-state index is -0.566. The molecule has 1 amide bonds. The lowest BCUT2D eigenvalue weighted by Gasteiger charge is -2.15. The number of benzene rings is 1. The van der Waals surface area contributed by atoms with Crippen LogP contribution >= 0.6 is 11.6 Å². The van der Waals surface area contributed by atoms with Gasteiger partial charge < -0.3 is 25.3 Å². The molecule has 1 rings (SSSR count). The summed E-state index contributed by atoms with van der Waals surface area (Å²) >= 11 is 6.23. The molecule has 0 radical (unpaired) electrons. The zero-order chi connectivity index (χ0) is 17.1. The van der Waals surface area contributed by atoms with Crippen LogP contribution in [0.2, 0.25) is 5.02 Å². The number of halogens is 1. The highest BCUT2D eigenvalue weighted by Gasteiger charge is 2.13. The van der Waals surface area contributed by atoms with Crippen LogP contribution in [0.3, 0.4) is 0 Å². The molecule has 3 N–H and O–H groups in total. The van der Waals surface area contributed by atoms with Crippen molar-refractivity contribution in [3.63, 3.8) is 0 Å². The van der Waals surface area contributed by atoms with Crippen LogP contribution in [0.15, 0.2) is 12.1 Å². The molecule has 0 bridgehead atoms. The molecule has 0 aromatic heterocycles. The Kier molecular flexibility index (Phi) is 9.43. The lowest BCUT2D eigenvalue weighted by Crippen LogP contribution is -2.20. The van der Waals surface area contributed by atoms with Crippen LogP contribution in [0.5, 0.6) is 11.5 Å². The maximum absolute atomic E-state index is 10.9. The van der Waals surface area contributed by atoms with Gasteiger partial charge in [-0.1, -0.05) is 11.6 Å². The van der Waals surface area contributed by atoms with E-state index in [0.29, 0.717) is 29.7 Å². The summed E-state index contributed by atoms with van der Waals surface area (Å²) in [5.41, 5.74) is 6.07. The fraction of sp³-hybridized carbons (Fsp3) is 0.562. The first-order valence-corrected chi connectivity index (χ1v) is 8.11. The number of nitrogens with two attached hydrogens (primary N) is 1. The molecule has 0 saturated heterocycles. The highest BCUT2D eigenvalue weighted by molar-refractivity contribution is 6.32. The number of carbonyl (C=O) groups excluding carboxylic acids is 1. The van der Waals surface area contributed by atoms with Gasteiger partial charge in [-0.15, -0.1) is 0 Å². The van der Waals surface area contributed by atoms with Crippen molar-refractivity contribution >= 4 is 17.5 Å². The van der Waals surface area contributed by atoms with Crippen LogP contribution in [0, 0.1) is 0 Å². The highest BCUT2D eigenvalue weighted by atomic mass is 35.5. The SMILES string of the molecule is CCOCCCNCc1cc(Cl)c(OCC(N)=O)c(OCC)c1. The van der Waals surface area contributed by atoms with E-state index in [1.807, 2.05) is 19.9 Å². The fourth-order valence-electron chi connectivity index (χ4n) is 1.95. The Balaban J connectivity index is 2.65. The van der Waals surface area contributed by atoms with Crippen molar-refractivity contribution in [2.24, 2.45) is 5.73 Å². The molecule has 0 atom stereocenters. The Bertz CT molecular complexity index is 497. The number of nitrogens with one attached hydrogen (secondary N) is 1. The second-order valence-electron chi connectivity index (χ2n) is 4.82. The third-order valence-electron chi connectivity index (χ3n) is 2.90. The van der Waals surface area contributed by atoms with E-state index in [9.17, 15) is 4.79 Å². The molecule has 1 aromatic carbocycles. The van der Waals surface area contributed by atoms with Crippen molar-refractivity contribution < 1.29 is 19.0 Å². The molecule has 130 valence electrons. The van der Waals surface area contributed by atoms with Gasteiger partial charge in [0.05, 0.1) is 11.6 Å². The van der Waals surface area contributed by atoms with Gasteiger partial charge >= 0.3 is 0 Å². The van der Waals surface area contributed by atoms with E-state index in [4.69, 9.17) is 31.5 Å². The molecule has 7 heteroatoms. The predicted molar refractivity (Wildman–Crippen MR) is 90.1 cm³/mol. The Morgan fingerprint density at radius 2 is 2.04 bits per heavy atom. The van der Waals surface area contributed by atoms with E-state index in [2.05, 4.69) is 5.32 Å². The Hall–Kier alpha value is -1.50. The van der Waals surface area contributed by atoms with Gasteiger partial charge in [-0.2, -0.15) is 0 Å². The minimum absolute atomic E-state index is 0.241. The summed E-state index contributed by atoms with van der Waals surface area (Å²) < 4.78 is 16.2. The van der Waals surface area contributed by atoms with Crippen molar-refractivity contribution in [2.45, 2.75) is 26.8 Å². The van der Waals surface area contributed by atoms with Crippen LogP contribution in [0.25, 0.3) is 0 Å². The molecule has 0 spiro atoms. The number of hydrogen-bond acceptors (Lipinski definition) is 5. The number of rotatable bonds is 12. The molecule has 6 nitrogen and oxygen atoms in total. The topological polar surface area (TPSA) is 82.8 Å². The smallest absolute Gasteiger partial charge is 0.255 e. The van der Waals surface area contributed by atoms with Crippen LogP contribution in [-0.4, -0.2) is 38.9 Å². The monoisotopic (exact) mass is 344 g/mol. The largest absolute Gasteiger partial charge is 0.490 e. The van der Waals surface area contributed by atoms with Crippen molar-refractivity contribution in [1.29, 1.82) is 0 Å². The Morgan fingerprint density at radius 3 is 2.70 bits per heavy atom. The molecule has 0 aliphatic heterocycles. The van der Waals surface area contributed by atoms with Crippen molar-refractivity contribution in [3.05, 3.63) is 22.7 Å². The number of ether oxygens (including phenoxy) is 3. The summed E-state index contributed by atoms with van der Waals surface area (Å²) in [6, 6.07) is 3.64. The van der Waals surface area contributed by atoms with E-state index in [1.54, 1.807) is 6.07 Å². The number of carbonyl (C=O) groups is 1. The molecule has 0 heterocycles. The maximum atomic E-state index is 10.9. The molecular weight excluding hydrogens is 320 g/mol. The second kappa shape index (κ2) is 11.1. The standard InChI is InChI=1S/C16H25ClN2O4/c1-3-21-7-5-6-19-10-12-8-13(17)16(23-11-15(18)20)14(9-12)22-4-2/h8-9,19H,3-7,10-11H2,1-2H3,(H2,18,20). The van der Waals surface area contributed by atoms with Gasteiger partial charge in [0.15, 0.2) is 18.1 Å². The van der Waals surface area contributed by atoms with Crippen molar-refractivity contribution in [2.75, 3.05) is 33.0 Å². The normalized spacial score (nSPS) is 10.6. The van der Waals surface area contributed by atoms with Gasteiger partial charge in [0, 0.05) is 19.8 Å². The summed E-state index contributed by atoms with van der Waals surface area (Å²) in [6.45, 7) is 7.05. The number of hydrogen-bond donors (Lipinski definition) is 2. The predicted octanol–water partition coefficient (Wildman–Crippen LogP) is 2.12. The van der Waals surface area contributed by atoms with Crippen molar-refractivity contribution in [1.82, 2.24) is 5.32 Å². The van der Waals surface area contributed by atoms with Gasteiger partial charge in [0.25, 0.3) is 5.91 Å². The highest BCUT2D eigenvalue weighted by Crippen LogP contribution is 2.36. The van der Waals surface area contributed by atoms with Crippen molar-refractivity contribution in [3.8, 4) is 11.5 Å². The summed E-state index contributed by atoms with van der Waals surface area (Å²) in [6.07, 6.45) is 0.944. The van der Waals surface area contributed by atoms with Crippen LogP contribution in [0.1, 0.15) is 25.8 Å². The van der Waals surface area contributed by atoms with E-state index in [1.165, 1.54) is 0 Å². The molecule has 0 aliphatic rings. The lowest BCUT2D eigenvalue weighted by atomic mass is 10.2. The summed E-state index contributed by atoms with van der Waals surface area (Å²) in [4.78, 5) is 10.9. The van der Waals surface area contributed by atoms with E-state index in [0.717, 1.165) is 31.7 Å². The van der Waals surface area contributed by atoms with Gasteiger partial charge in [-0.25, -0.2) is 0 Å². The minimum Gasteiger partial charge on any atom is -0.490 e. The molecule has 0 saturated carbocycles. The van der Waals surface area contributed by atoms with E-state index < -0.39 is 5.91 Å². The molecule has 0 fully saturated rings. The average Bonchev–Trinajstić information content (AvgIpc) is 2.50. The molecule has 23 heavy (non-hydrogen) atoms. The average molecular weight is 345 g/mol. The number of amides is 1. The third-order valence-corrected chi connectivity index (χ3v) is 3.18. The molecule has 0 unspecified atom stereocenters. The number of primary amides is 1. The zero-order valence-electron chi connectivity index (χ0n) is 13.7.